The standard InChI is InChI=1S/C35H28N2O/c1-21-2-12-32-34(14-21)38-35-20-30(36)11-13-33(35)37(32)31-18-28(26-9-5-22-3-7-24(22)15-26)17-29(19-31)27-10-6-23-4-8-25(23)16-27/h2,5-6,9-20H,3-4,7-8,36H2,1H3. The fourth-order valence-corrected chi connectivity index (χ4v) is 6.03. The molecule has 0 unspecified atom stereocenters. The van der Waals surface area contributed by atoms with Crippen LogP contribution >= 0.6 is 0 Å². The third-order valence-corrected chi connectivity index (χ3v) is 8.38. The van der Waals surface area contributed by atoms with Gasteiger partial charge in [-0.15, -0.1) is 0 Å². The monoisotopic (exact) mass is 492 g/mol. The molecule has 0 aromatic heterocycles. The van der Waals surface area contributed by atoms with Crippen molar-refractivity contribution < 1.29 is 4.74 Å². The second-order valence-corrected chi connectivity index (χ2v) is 10.9. The number of fused-ring (bicyclic) bond motifs is 4. The lowest BCUT2D eigenvalue weighted by molar-refractivity contribution is 0.477. The first-order chi connectivity index (χ1) is 18.6. The summed E-state index contributed by atoms with van der Waals surface area (Å²) >= 11 is 0. The molecule has 0 radical (unpaired) electrons. The smallest absolute Gasteiger partial charge is 0.153 e. The molecule has 0 amide bonds. The van der Waals surface area contributed by atoms with Gasteiger partial charge in [-0.3, -0.25) is 0 Å². The molecule has 3 nitrogen and oxygen atoms in total. The van der Waals surface area contributed by atoms with Gasteiger partial charge >= 0.3 is 0 Å². The molecule has 8 rings (SSSR count). The number of anilines is 4. The van der Waals surface area contributed by atoms with Crippen LogP contribution in [0.2, 0.25) is 0 Å². The minimum absolute atomic E-state index is 0.693. The highest BCUT2D eigenvalue weighted by atomic mass is 16.5. The first-order valence-electron chi connectivity index (χ1n) is 13.5. The maximum atomic E-state index is 6.37. The van der Waals surface area contributed by atoms with Gasteiger partial charge in [0.1, 0.15) is 0 Å². The Hall–Kier alpha value is -4.50. The average Bonchev–Trinajstić information content (AvgIpc) is 2.88. The van der Waals surface area contributed by atoms with Crippen LogP contribution in [0.1, 0.15) is 27.8 Å². The van der Waals surface area contributed by atoms with Gasteiger partial charge in [0, 0.05) is 17.4 Å². The Morgan fingerprint density at radius 2 is 1.13 bits per heavy atom. The van der Waals surface area contributed by atoms with Crippen molar-refractivity contribution in [3.8, 4) is 33.8 Å². The lowest BCUT2D eigenvalue weighted by Crippen LogP contribution is -2.16. The Kier molecular flexibility index (Phi) is 4.54. The maximum absolute atomic E-state index is 6.37. The summed E-state index contributed by atoms with van der Waals surface area (Å²) in [5, 5.41) is 0. The van der Waals surface area contributed by atoms with Crippen LogP contribution in [-0.4, -0.2) is 0 Å². The van der Waals surface area contributed by atoms with Gasteiger partial charge in [0.25, 0.3) is 0 Å². The Morgan fingerprint density at radius 1 is 0.553 bits per heavy atom. The predicted octanol–water partition coefficient (Wildman–Crippen LogP) is 8.68. The molecule has 5 aromatic rings. The van der Waals surface area contributed by atoms with Gasteiger partial charge in [-0.1, -0.05) is 42.5 Å². The number of aryl methyl sites for hydroxylation is 5. The first kappa shape index (κ1) is 21.6. The minimum atomic E-state index is 0.693. The van der Waals surface area contributed by atoms with Crippen molar-refractivity contribution in [1.82, 2.24) is 0 Å². The van der Waals surface area contributed by atoms with Crippen LogP contribution in [0.4, 0.5) is 22.7 Å². The molecule has 0 saturated heterocycles. The molecule has 5 aromatic carbocycles. The summed E-state index contributed by atoms with van der Waals surface area (Å²) in [7, 11) is 0. The van der Waals surface area contributed by atoms with E-state index >= 15 is 0 Å². The second-order valence-electron chi connectivity index (χ2n) is 10.9. The quantitative estimate of drug-likeness (QED) is 0.251. The number of ether oxygens (including phenoxy) is 1. The van der Waals surface area contributed by atoms with Gasteiger partial charge in [0.2, 0.25) is 0 Å². The Balaban J connectivity index is 1.36. The zero-order valence-electron chi connectivity index (χ0n) is 21.4. The predicted molar refractivity (Wildman–Crippen MR) is 156 cm³/mol. The van der Waals surface area contributed by atoms with Crippen molar-refractivity contribution >= 4 is 22.7 Å². The Labute approximate surface area is 223 Å². The number of hydrogen-bond donors (Lipinski definition) is 1. The number of hydrogen-bond acceptors (Lipinski definition) is 3. The van der Waals surface area contributed by atoms with E-state index in [1.807, 2.05) is 12.1 Å². The molecule has 38 heavy (non-hydrogen) atoms. The van der Waals surface area contributed by atoms with E-state index in [1.54, 1.807) is 0 Å². The van der Waals surface area contributed by atoms with E-state index in [1.165, 1.54) is 70.2 Å². The zero-order valence-corrected chi connectivity index (χ0v) is 21.4. The number of nitrogens with two attached hydrogens (primary N) is 1. The lowest BCUT2D eigenvalue weighted by Gasteiger charge is -2.34. The first-order valence-corrected chi connectivity index (χ1v) is 13.5. The minimum Gasteiger partial charge on any atom is -0.453 e. The molecule has 3 heteroatoms. The molecule has 1 heterocycles. The SMILES string of the molecule is Cc1ccc2c(c1)Oc1cc(N)ccc1N2c1cc(-c2ccc3c(c2)CC3)cc(-c2ccc3c(c2)CC3)c1. The van der Waals surface area contributed by atoms with Crippen LogP contribution < -0.4 is 15.4 Å². The van der Waals surface area contributed by atoms with Gasteiger partial charge in [0.05, 0.1) is 11.4 Å². The highest BCUT2D eigenvalue weighted by Crippen LogP contribution is 2.52. The van der Waals surface area contributed by atoms with E-state index < -0.39 is 0 Å². The molecule has 2 N–H and O–H groups in total. The fraction of sp³-hybridized carbons (Fsp3) is 0.143. The molecule has 2 aliphatic carbocycles. The molecule has 0 bridgehead atoms. The summed E-state index contributed by atoms with van der Waals surface area (Å²) < 4.78 is 6.37. The van der Waals surface area contributed by atoms with Crippen molar-refractivity contribution in [2.24, 2.45) is 0 Å². The summed E-state index contributed by atoms with van der Waals surface area (Å²) in [6.07, 6.45) is 4.73. The Bertz CT molecular complexity index is 1660. The summed E-state index contributed by atoms with van der Waals surface area (Å²) in [6.45, 7) is 2.10. The lowest BCUT2D eigenvalue weighted by atomic mass is 9.84. The molecular formula is C35H28N2O. The van der Waals surface area contributed by atoms with E-state index in [0.717, 1.165) is 34.1 Å². The van der Waals surface area contributed by atoms with Crippen molar-refractivity contribution in [2.45, 2.75) is 32.6 Å². The number of nitrogen functional groups attached to an aromatic ring is 1. The van der Waals surface area contributed by atoms with Crippen molar-refractivity contribution in [3.05, 3.63) is 119 Å². The van der Waals surface area contributed by atoms with Crippen LogP contribution in [0.15, 0.2) is 91.0 Å². The van der Waals surface area contributed by atoms with Gasteiger partial charge in [-0.05, 0) is 125 Å². The van der Waals surface area contributed by atoms with Gasteiger partial charge in [-0.25, -0.2) is 0 Å². The molecule has 0 atom stereocenters. The van der Waals surface area contributed by atoms with E-state index in [2.05, 4.69) is 90.7 Å². The van der Waals surface area contributed by atoms with Gasteiger partial charge < -0.3 is 15.4 Å². The fourth-order valence-electron chi connectivity index (χ4n) is 6.03. The molecule has 1 aliphatic heterocycles. The van der Waals surface area contributed by atoms with Crippen molar-refractivity contribution in [2.75, 3.05) is 10.6 Å². The van der Waals surface area contributed by atoms with E-state index in [0.29, 0.717) is 5.69 Å². The van der Waals surface area contributed by atoms with Crippen LogP contribution in [0.25, 0.3) is 22.3 Å². The molecular weight excluding hydrogens is 464 g/mol. The second kappa shape index (κ2) is 8.00. The Morgan fingerprint density at radius 3 is 1.71 bits per heavy atom. The van der Waals surface area contributed by atoms with Crippen LogP contribution in [-0.2, 0) is 25.7 Å². The van der Waals surface area contributed by atoms with E-state index in [4.69, 9.17) is 10.5 Å². The summed E-state index contributed by atoms with van der Waals surface area (Å²) in [6, 6.07) is 33.3. The van der Waals surface area contributed by atoms with Gasteiger partial charge in [0.15, 0.2) is 11.5 Å². The van der Waals surface area contributed by atoms with Crippen LogP contribution in [0.5, 0.6) is 11.5 Å². The summed E-state index contributed by atoms with van der Waals surface area (Å²) in [5.41, 5.74) is 22.1. The van der Waals surface area contributed by atoms with Crippen molar-refractivity contribution in [1.29, 1.82) is 0 Å². The summed E-state index contributed by atoms with van der Waals surface area (Å²) in [5.74, 6) is 1.62. The van der Waals surface area contributed by atoms with Crippen molar-refractivity contribution in [3.63, 3.8) is 0 Å². The normalized spacial score (nSPS) is 14.3. The zero-order chi connectivity index (χ0) is 25.4. The van der Waals surface area contributed by atoms with Gasteiger partial charge in [-0.2, -0.15) is 0 Å². The topological polar surface area (TPSA) is 38.5 Å². The molecule has 184 valence electrons. The van der Waals surface area contributed by atoms with E-state index in [9.17, 15) is 0 Å². The molecule has 0 fully saturated rings. The molecule has 0 spiro atoms. The number of benzene rings is 5. The third kappa shape index (κ3) is 3.35. The number of nitrogens with zero attached hydrogens (tertiary/aromatic N) is 1. The molecule has 0 saturated carbocycles. The number of rotatable bonds is 3. The van der Waals surface area contributed by atoms with Crippen LogP contribution in [0.3, 0.4) is 0 Å². The highest BCUT2D eigenvalue weighted by Gasteiger charge is 2.27. The highest BCUT2D eigenvalue weighted by molar-refractivity contribution is 5.91. The largest absolute Gasteiger partial charge is 0.453 e. The third-order valence-electron chi connectivity index (χ3n) is 8.38. The van der Waals surface area contributed by atoms with Crippen LogP contribution in [0, 0.1) is 6.92 Å². The summed E-state index contributed by atoms with van der Waals surface area (Å²) in [4.78, 5) is 2.32. The maximum Gasteiger partial charge on any atom is 0.153 e. The van der Waals surface area contributed by atoms with E-state index in [-0.39, 0.29) is 0 Å². The molecule has 3 aliphatic rings. The average molecular weight is 493 g/mol.